The average molecular weight is 267 g/mol. The normalized spacial score (nSPS) is 10.3. The third-order valence-electron chi connectivity index (χ3n) is 1.95. The van der Waals surface area contributed by atoms with Crippen LogP contribution in [0.3, 0.4) is 0 Å². The molecule has 0 amide bonds. The van der Waals surface area contributed by atoms with E-state index in [1.54, 1.807) is 6.07 Å². The molecule has 0 bridgehead atoms. The van der Waals surface area contributed by atoms with Gasteiger partial charge in [-0.2, -0.15) is 0 Å². The highest BCUT2D eigenvalue weighted by molar-refractivity contribution is 9.10. The molecule has 0 saturated heterocycles. The molecule has 0 atom stereocenters. The molecular formula is C11H8BrFN2. The van der Waals surface area contributed by atoms with Crippen LogP contribution in [0.1, 0.15) is 5.69 Å². The predicted octanol–water partition coefficient (Wildman–Crippen LogP) is 3.35. The van der Waals surface area contributed by atoms with E-state index in [0.717, 1.165) is 11.3 Å². The van der Waals surface area contributed by atoms with Crippen LogP contribution in [-0.2, 0) is 0 Å². The van der Waals surface area contributed by atoms with Gasteiger partial charge in [-0.1, -0.05) is 12.1 Å². The van der Waals surface area contributed by atoms with E-state index in [9.17, 15) is 4.39 Å². The van der Waals surface area contributed by atoms with Crippen LogP contribution in [0.2, 0.25) is 0 Å². The minimum absolute atomic E-state index is 0.264. The van der Waals surface area contributed by atoms with E-state index in [2.05, 4.69) is 25.9 Å². The number of halogens is 2. The zero-order chi connectivity index (χ0) is 10.8. The number of benzene rings is 1. The zero-order valence-electron chi connectivity index (χ0n) is 8.04. The predicted molar refractivity (Wildman–Crippen MR) is 59.9 cm³/mol. The number of rotatable bonds is 1. The van der Waals surface area contributed by atoms with Crippen LogP contribution in [0, 0.1) is 12.7 Å². The first-order chi connectivity index (χ1) is 7.15. The summed E-state index contributed by atoms with van der Waals surface area (Å²) in [6, 6.07) is 8.16. The molecule has 0 radical (unpaired) electrons. The van der Waals surface area contributed by atoms with Crippen LogP contribution < -0.4 is 0 Å². The van der Waals surface area contributed by atoms with Crippen molar-refractivity contribution >= 4 is 15.9 Å². The molecule has 0 saturated carbocycles. The lowest BCUT2D eigenvalue weighted by atomic mass is 10.1. The van der Waals surface area contributed by atoms with Gasteiger partial charge in [0.15, 0.2) is 4.73 Å². The van der Waals surface area contributed by atoms with E-state index >= 15 is 0 Å². The Kier molecular flexibility index (Phi) is 2.77. The smallest absolute Gasteiger partial charge is 0.197 e. The second-order valence-corrected chi connectivity index (χ2v) is 3.88. The number of hydrogen-bond acceptors (Lipinski definition) is 2. The van der Waals surface area contributed by atoms with Crippen molar-refractivity contribution < 1.29 is 4.39 Å². The molecule has 2 aromatic rings. The SMILES string of the molecule is Cc1cc(-c2cccc(F)c2)nc(Br)n1. The molecular weight excluding hydrogens is 259 g/mol. The van der Waals surface area contributed by atoms with Crippen LogP contribution in [0.15, 0.2) is 35.1 Å². The number of aryl methyl sites for hydroxylation is 1. The second-order valence-electron chi connectivity index (χ2n) is 3.17. The van der Waals surface area contributed by atoms with Crippen molar-refractivity contribution in [1.29, 1.82) is 0 Å². The molecule has 0 aliphatic rings. The molecule has 0 aliphatic heterocycles. The standard InChI is InChI=1S/C11H8BrFN2/c1-7-5-10(15-11(12)14-7)8-3-2-4-9(13)6-8/h2-6H,1H3. The summed E-state index contributed by atoms with van der Waals surface area (Å²) in [5, 5.41) is 0. The minimum Gasteiger partial charge on any atom is -0.227 e. The molecule has 0 aliphatic carbocycles. The van der Waals surface area contributed by atoms with Crippen molar-refractivity contribution in [2.24, 2.45) is 0 Å². The fourth-order valence-corrected chi connectivity index (χ4v) is 1.80. The first-order valence-electron chi connectivity index (χ1n) is 4.42. The first-order valence-corrected chi connectivity index (χ1v) is 5.21. The first kappa shape index (κ1) is 10.2. The van der Waals surface area contributed by atoms with Gasteiger partial charge in [0.25, 0.3) is 0 Å². The lowest BCUT2D eigenvalue weighted by Crippen LogP contribution is -1.91. The maximum absolute atomic E-state index is 13.0. The Hall–Kier alpha value is -1.29. The highest BCUT2D eigenvalue weighted by Crippen LogP contribution is 2.19. The van der Waals surface area contributed by atoms with Crippen LogP contribution in [0.25, 0.3) is 11.3 Å². The van der Waals surface area contributed by atoms with E-state index in [-0.39, 0.29) is 5.82 Å². The fraction of sp³-hybridized carbons (Fsp3) is 0.0909. The Bertz CT molecular complexity index is 479. The summed E-state index contributed by atoms with van der Waals surface area (Å²) in [6.07, 6.45) is 0. The summed E-state index contributed by atoms with van der Waals surface area (Å²) in [4.78, 5) is 8.28. The maximum Gasteiger partial charge on any atom is 0.197 e. The lowest BCUT2D eigenvalue weighted by Gasteiger charge is -2.02. The summed E-state index contributed by atoms with van der Waals surface area (Å²) >= 11 is 3.21. The largest absolute Gasteiger partial charge is 0.227 e. The van der Waals surface area contributed by atoms with E-state index < -0.39 is 0 Å². The zero-order valence-corrected chi connectivity index (χ0v) is 9.62. The molecule has 2 rings (SSSR count). The number of nitrogens with zero attached hydrogens (tertiary/aromatic N) is 2. The summed E-state index contributed by atoms with van der Waals surface area (Å²) in [7, 11) is 0. The average Bonchev–Trinajstić information content (AvgIpc) is 2.16. The Morgan fingerprint density at radius 3 is 2.67 bits per heavy atom. The molecule has 1 heterocycles. The van der Waals surface area contributed by atoms with Crippen LogP contribution in [0.4, 0.5) is 4.39 Å². The molecule has 1 aromatic heterocycles. The van der Waals surface area contributed by atoms with Gasteiger partial charge in [-0.25, -0.2) is 14.4 Å². The topological polar surface area (TPSA) is 25.8 Å². The van der Waals surface area contributed by atoms with Gasteiger partial charge in [0, 0.05) is 11.3 Å². The Labute approximate surface area is 95.3 Å². The number of aromatic nitrogens is 2. The second kappa shape index (κ2) is 4.06. The molecule has 1 aromatic carbocycles. The maximum atomic E-state index is 13.0. The quantitative estimate of drug-likeness (QED) is 0.740. The van der Waals surface area contributed by atoms with Gasteiger partial charge in [0.05, 0.1) is 5.69 Å². The molecule has 15 heavy (non-hydrogen) atoms. The van der Waals surface area contributed by atoms with Gasteiger partial charge < -0.3 is 0 Å². The van der Waals surface area contributed by atoms with Crippen LogP contribution in [-0.4, -0.2) is 9.97 Å². The van der Waals surface area contributed by atoms with Crippen LogP contribution >= 0.6 is 15.9 Å². The van der Waals surface area contributed by atoms with Crippen molar-refractivity contribution in [1.82, 2.24) is 9.97 Å². The van der Waals surface area contributed by atoms with Gasteiger partial charge in [-0.05, 0) is 41.1 Å². The molecule has 0 N–H and O–H groups in total. The third-order valence-corrected chi connectivity index (χ3v) is 2.30. The minimum atomic E-state index is -0.264. The van der Waals surface area contributed by atoms with Crippen LogP contribution in [0.5, 0.6) is 0 Å². The molecule has 0 spiro atoms. The molecule has 2 nitrogen and oxygen atoms in total. The third kappa shape index (κ3) is 2.39. The van der Waals surface area contributed by atoms with Gasteiger partial charge in [0.1, 0.15) is 5.82 Å². The van der Waals surface area contributed by atoms with E-state index in [4.69, 9.17) is 0 Å². The van der Waals surface area contributed by atoms with Crippen molar-refractivity contribution in [3.8, 4) is 11.3 Å². The Morgan fingerprint density at radius 2 is 2.00 bits per heavy atom. The van der Waals surface area contributed by atoms with Gasteiger partial charge in [-0.15, -0.1) is 0 Å². The summed E-state index contributed by atoms with van der Waals surface area (Å²) in [6.45, 7) is 1.87. The summed E-state index contributed by atoms with van der Waals surface area (Å²) < 4.78 is 13.5. The van der Waals surface area contributed by atoms with Crippen molar-refractivity contribution in [3.05, 3.63) is 46.6 Å². The monoisotopic (exact) mass is 266 g/mol. The van der Waals surface area contributed by atoms with Gasteiger partial charge >= 0.3 is 0 Å². The van der Waals surface area contributed by atoms with Gasteiger partial charge in [-0.3, -0.25) is 0 Å². The number of hydrogen-bond donors (Lipinski definition) is 0. The van der Waals surface area contributed by atoms with E-state index in [1.807, 2.05) is 19.1 Å². The Balaban J connectivity index is 2.54. The molecule has 0 unspecified atom stereocenters. The van der Waals surface area contributed by atoms with Crippen molar-refractivity contribution in [3.63, 3.8) is 0 Å². The summed E-state index contributed by atoms with van der Waals surface area (Å²) in [5.41, 5.74) is 2.31. The van der Waals surface area contributed by atoms with E-state index in [0.29, 0.717) is 10.4 Å². The molecule has 0 fully saturated rings. The fourth-order valence-electron chi connectivity index (χ4n) is 1.33. The van der Waals surface area contributed by atoms with Crippen molar-refractivity contribution in [2.75, 3.05) is 0 Å². The lowest BCUT2D eigenvalue weighted by molar-refractivity contribution is 0.628. The highest BCUT2D eigenvalue weighted by atomic mass is 79.9. The van der Waals surface area contributed by atoms with E-state index in [1.165, 1.54) is 12.1 Å². The van der Waals surface area contributed by atoms with Gasteiger partial charge in [0.2, 0.25) is 0 Å². The summed E-state index contributed by atoms with van der Waals surface area (Å²) in [5.74, 6) is -0.264. The Morgan fingerprint density at radius 1 is 1.20 bits per heavy atom. The molecule has 76 valence electrons. The highest BCUT2D eigenvalue weighted by Gasteiger charge is 2.03. The molecule has 4 heteroatoms. The van der Waals surface area contributed by atoms with Crippen molar-refractivity contribution in [2.45, 2.75) is 6.92 Å².